The standard InChI is InChI=1S/C24H26N2O5S2/c1-30-20-13-16-10-11-26(24(22-5-4-12-32-22)19(16)14-21(20)31-2)15-23(27)25-17-6-8-18(9-7-17)33(3,28)29/h4-9,12-14,24H,10-11,15H2,1-3H3,(H,25,27). The molecule has 3 aromatic rings. The van der Waals surface area contributed by atoms with Gasteiger partial charge in [-0.25, -0.2) is 8.42 Å². The Morgan fingerprint density at radius 1 is 1.12 bits per heavy atom. The Morgan fingerprint density at radius 2 is 1.82 bits per heavy atom. The second-order valence-corrected chi connectivity index (χ2v) is 10.9. The topological polar surface area (TPSA) is 84.9 Å². The summed E-state index contributed by atoms with van der Waals surface area (Å²) in [5.41, 5.74) is 2.84. The molecule has 174 valence electrons. The van der Waals surface area contributed by atoms with Crippen LogP contribution in [0.15, 0.2) is 58.8 Å². The molecule has 1 N–H and O–H groups in total. The molecule has 1 aliphatic rings. The van der Waals surface area contributed by atoms with E-state index in [1.807, 2.05) is 23.6 Å². The normalized spacial score (nSPS) is 16.2. The number of ether oxygens (including phenoxy) is 2. The van der Waals surface area contributed by atoms with Gasteiger partial charge in [-0.15, -0.1) is 11.3 Å². The molecule has 1 aliphatic heterocycles. The minimum absolute atomic E-state index is 0.0769. The number of sulfone groups is 1. The van der Waals surface area contributed by atoms with Crippen LogP contribution in [0.2, 0.25) is 0 Å². The average Bonchev–Trinajstić information content (AvgIpc) is 3.32. The number of hydrogen-bond acceptors (Lipinski definition) is 7. The zero-order valence-corrected chi connectivity index (χ0v) is 20.3. The van der Waals surface area contributed by atoms with E-state index in [0.717, 1.165) is 23.1 Å². The van der Waals surface area contributed by atoms with Gasteiger partial charge in [0.05, 0.1) is 31.7 Å². The van der Waals surface area contributed by atoms with Gasteiger partial charge >= 0.3 is 0 Å². The number of methoxy groups -OCH3 is 2. The van der Waals surface area contributed by atoms with E-state index < -0.39 is 9.84 Å². The minimum atomic E-state index is -3.28. The number of nitrogens with one attached hydrogen (secondary N) is 1. The van der Waals surface area contributed by atoms with Crippen LogP contribution in [-0.4, -0.2) is 52.8 Å². The highest BCUT2D eigenvalue weighted by molar-refractivity contribution is 7.90. The van der Waals surface area contributed by atoms with Crippen LogP contribution in [0.1, 0.15) is 22.0 Å². The quantitative estimate of drug-likeness (QED) is 0.548. The second-order valence-electron chi connectivity index (χ2n) is 7.89. The summed E-state index contributed by atoms with van der Waals surface area (Å²) in [6, 6.07) is 14.2. The Hall–Kier alpha value is -2.88. The van der Waals surface area contributed by atoms with Crippen molar-refractivity contribution in [2.45, 2.75) is 17.4 Å². The van der Waals surface area contributed by atoms with Crippen LogP contribution in [0.25, 0.3) is 0 Å². The highest BCUT2D eigenvalue weighted by Gasteiger charge is 2.32. The van der Waals surface area contributed by atoms with Crippen molar-refractivity contribution in [1.29, 1.82) is 0 Å². The molecule has 0 aliphatic carbocycles. The number of nitrogens with zero attached hydrogens (tertiary/aromatic N) is 1. The first-order chi connectivity index (χ1) is 15.8. The molecule has 7 nitrogen and oxygen atoms in total. The van der Waals surface area contributed by atoms with E-state index in [4.69, 9.17) is 9.47 Å². The van der Waals surface area contributed by atoms with E-state index in [0.29, 0.717) is 23.7 Å². The third-order valence-electron chi connectivity index (χ3n) is 5.70. The Balaban J connectivity index is 1.58. The second kappa shape index (κ2) is 9.54. The van der Waals surface area contributed by atoms with Crippen molar-refractivity contribution >= 4 is 32.8 Å². The molecule has 2 heterocycles. The number of thiophene rings is 1. The van der Waals surface area contributed by atoms with E-state index in [-0.39, 0.29) is 23.4 Å². The van der Waals surface area contributed by atoms with Crippen molar-refractivity contribution in [3.63, 3.8) is 0 Å². The summed E-state index contributed by atoms with van der Waals surface area (Å²) in [7, 11) is -0.0349. The van der Waals surface area contributed by atoms with Crippen LogP contribution >= 0.6 is 11.3 Å². The maximum absolute atomic E-state index is 12.9. The van der Waals surface area contributed by atoms with Crippen LogP contribution in [0.5, 0.6) is 11.5 Å². The number of hydrogen-bond donors (Lipinski definition) is 1. The van der Waals surface area contributed by atoms with Gasteiger partial charge in [0.1, 0.15) is 0 Å². The van der Waals surface area contributed by atoms with E-state index in [9.17, 15) is 13.2 Å². The molecule has 4 rings (SSSR count). The minimum Gasteiger partial charge on any atom is -0.493 e. The van der Waals surface area contributed by atoms with Crippen LogP contribution in [0.4, 0.5) is 5.69 Å². The summed E-state index contributed by atoms with van der Waals surface area (Å²) >= 11 is 1.65. The molecule has 9 heteroatoms. The van der Waals surface area contributed by atoms with Gasteiger partial charge < -0.3 is 14.8 Å². The lowest BCUT2D eigenvalue weighted by Gasteiger charge is -2.37. The smallest absolute Gasteiger partial charge is 0.238 e. The molecule has 0 fully saturated rings. The third-order valence-corrected chi connectivity index (χ3v) is 7.75. The van der Waals surface area contributed by atoms with Gasteiger partial charge in [0.15, 0.2) is 21.3 Å². The van der Waals surface area contributed by atoms with Crippen molar-refractivity contribution in [2.75, 3.05) is 38.9 Å². The van der Waals surface area contributed by atoms with E-state index in [1.54, 1.807) is 37.7 Å². The van der Waals surface area contributed by atoms with Crippen molar-refractivity contribution in [3.05, 3.63) is 69.9 Å². The van der Waals surface area contributed by atoms with Crippen LogP contribution in [0.3, 0.4) is 0 Å². The Labute approximate surface area is 197 Å². The van der Waals surface area contributed by atoms with Crippen molar-refractivity contribution in [1.82, 2.24) is 4.90 Å². The first-order valence-corrected chi connectivity index (χ1v) is 13.2. The first-order valence-electron chi connectivity index (χ1n) is 10.4. The molecule has 1 aromatic heterocycles. The van der Waals surface area contributed by atoms with Gasteiger partial charge in [-0.1, -0.05) is 6.07 Å². The SMILES string of the molecule is COc1cc2c(cc1OC)C(c1cccs1)N(CC(=O)Nc1ccc(S(C)(=O)=O)cc1)CC2. The van der Waals surface area contributed by atoms with E-state index in [1.165, 1.54) is 17.7 Å². The van der Waals surface area contributed by atoms with Gasteiger partial charge in [0.25, 0.3) is 0 Å². The summed E-state index contributed by atoms with van der Waals surface area (Å²) in [6.07, 6.45) is 1.94. The van der Waals surface area contributed by atoms with E-state index >= 15 is 0 Å². The van der Waals surface area contributed by atoms with E-state index in [2.05, 4.69) is 16.3 Å². The zero-order chi connectivity index (χ0) is 23.6. The number of carbonyl (C=O) groups excluding carboxylic acids is 1. The van der Waals surface area contributed by atoms with Crippen LogP contribution in [0, 0.1) is 0 Å². The number of benzene rings is 2. The van der Waals surface area contributed by atoms with Gasteiger partial charge in [0.2, 0.25) is 5.91 Å². The molecule has 0 radical (unpaired) electrons. The number of anilines is 1. The molecule has 1 atom stereocenters. The summed E-state index contributed by atoms with van der Waals surface area (Å²) in [4.78, 5) is 16.4. The molecule has 33 heavy (non-hydrogen) atoms. The summed E-state index contributed by atoms with van der Waals surface area (Å²) in [5.74, 6) is 1.20. The fourth-order valence-electron chi connectivity index (χ4n) is 4.12. The highest BCUT2D eigenvalue weighted by Crippen LogP contribution is 2.42. The first kappa shape index (κ1) is 23.3. The van der Waals surface area contributed by atoms with Gasteiger partial charge in [-0.05, 0) is 65.4 Å². The lowest BCUT2D eigenvalue weighted by molar-refractivity contribution is -0.117. The lowest BCUT2D eigenvalue weighted by Crippen LogP contribution is -2.40. The predicted molar refractivity (Wildman–Crippen MR) is 129 cm³/mol. The number of amides is 1. The highest BCUT2D eigenvalue weighted by atomic mass is 32.2. The largest absolute Gasteiger partial charge is 0.493 e. The molecule has 1 unspecified atom stereocenters. The molecule has 0 saturated heterocycles. The molecule has 1 amide bonds. The Kier molecular flexibility index (Phi) is 6.73. The van der Waals surface area contributed by atoms with Gasteiger partial charge in [0, 0.05) is 23.4 Å². The number of rotatable bonds is 7. The predicted octanol–water partition coefficient (Wildman–Crippen LogP) is 3.76. The molecule has 0 bridgehead atoms. The maximum Gasteiger partial charge on any atom is 0.238 e. The summed E-state index contributed by atoms with van der Waals surface area (Å²) in [5, 5.41) is 4.92. The summed E-state index contributed by atoms with van der Waals surface area (Å²) < 4.78 is 34.3. The number of carbonyl (C=O) groups is 1. The maximum atomic E-state index is 12.9. The molecule has 2 aromatic carbocycles. The number of fused-ring (bicyclic) bond motifs is 1. The Bertz CT molecular complexity index is 1240. The third kappa shape index (κ3) is 5.05. The molecular weight excluding hydrogens is 460 g/mol. The van der Waals surface area contributed by atoms with Crippen LogP contribution in [-0.2, 0) is 21.1 Å². The fourth-order valence-corrected chi connectivity index (χ4v) is 5.63. The molecule has 0 spiro atoms. The van der Waals surface area contributed by atoms with Crippen LogP contribution < -0.4 is 14.8 Å². The van der Waals surface area contributed by atoms with Crippen molar-refractivity contribution in [3.8, 4) is 11.5 Å². The van der Waals surface area contributed by atoms with Crippen molar-refractivity contribution < 1.29 is 22.7 Å². The zero-order valence-electron chi connectivity index (χ0n) is 18.7. The molecule has 0 saturated carbocycles. The molecular formula is C24H26N2O5S2. The van der Waals surface area contributed by atoms with Gasteiger partial charge in [-0.2, -0.15) is 0 Å². The summed E-state index contributed by atoms with van der Waals surface area (Å²) in [6.45, 7) is 0.912. The lowest BCUT2D eigenvalue weighted by atomic mass is 9.91. The Morgan fingerprint density at radius 3 is 2.42 bits per heavy atom. The fraction of sp³-hybridized carbons (Fsp3) is 0.292. The van der Waals surface area contributed by atoms with Gasteiger partial charge in [-0.3, -0.25) is 9.69 Å². The van der Waals surface area contributed by atoms with Crippen molar-refractivity contribution in [2.24, 2.45) is 0 Å². The average molecular weight is 487 g/mol. The monoisotopic (exact) mass is 486 g/mol.